The Bertz CT molecular complexity index is 897. The molecule has 0 spiro atoms. The van der Waals surface area contributed by atoms with E-state index in [0.717, 1.165) is 5.56 Å². The van der Waals surface area contributed by atoms with Crippen molar-refractivity contribution < 1.29 is 19.4 Å². The number of carbonyl (C=O) groups excluding carboxylic acids is 1. The molecule has 0 fully saturated rings. The molecule has 0 saturated heterocycles. The van der Waals surface area contributed by atoms with Gasteiger partial charge in [-0.15, -0.1) is 0 Å². The van der Waals surface area contributed by atoms with Gasteiger partial charge in [-0.05, 0) is 60.7 Å². The lowest BCUT2D eigenvalue weighted by Gasteiger charge is -2.31. The summed E-state index contributed by atoms with van der Waals surface area (Å²) in [6.07, 6.45) is 3.01. The van der Waals surface area contributed by atoms with Crippen molar-refractivity contribution in [2.75, 3.05) is 5.32 Å². The van der Waals surface area contributed by atoms with Crippen molar-refractivity contribution in [3.8, 4) is 0 Å². The molecule has 8 heteroatoms. The van der Waals surface area contributed by atoms with Crippen LogP contribution in [0.2, 0.25) is 0 Å². The quantitative estimate of drug-likeness (QED) is 0.463. The van der Waals surface area contributed by atoms with Crippen molar-refractivity contribution in [1.82, 2.24) is 4.98 Å². The molecule has 2 N–H and O–H groups in total. The van der Waals surface area contributed by atoms with Crippen LogP contribution in [0, 0.1) is 5.41 Å². The van der Waals surface area contributed by atoms with E-state index in [0.29, 0.717) is 5.69 Å². The van der Waals surface area contributed by atoms with Gasteiger partial charge < -0.3 is 15.2 Å². The summed E-state index contributed by atoms with van der Waals surface area (Å²) in [5.74, 6) is -1.61. The summed E-state index contributed by atoms with van der Waals surface area (Å²) in [6, 6.07) is 4.47. The Morgan fingerprint density at radius 2 is 1.81 bits per heavy atom. The molecule has 0 aliphatic heterocycles. The summed E-state index contributed by atoms with van der Waals surface area (Å²) in [5.41, 5.74) is 0.266. The minimum atomic E-state index is -0.963. The summed E-state index contributed by atoms with van der Waals surface area (Å²) in [7, 11) is 0. The van der Waals surface area contributed by atoms with Crippen molar-refractivity contribution in [3.05, 3.63) is 46.9 Å². The van der Waals surface area contributed by atoms with Crippen LogP contribution >= 0.6 is 11.3 Å². The molecule has 0 saturated carbocycles. The van der Waals surface area contributed by atoms with E-state index in [1.54, 1.807) is 24.5 Å². The first-order valence-electron chi connectivity index (χ1n) is 10.1. The molecule has 0 aromatic carbocycles. The summed E-state index contributed by atoms with van der Waals surface area (Å²) < 4.78 is 6.15. The number of carboxylic acid groups (broad SMARTS) is 1. The number of aliphatic imine (C=N–C) groups is 1. The molecule has 0 aliphatic carbocycles. The minimum absolute atomic E-state index is 0.186. The third kappa shape index (κ3) is 7.79. The van der Waals surface area contributed by atoms with Gasteiger partial charge in [0, 0.05) is 18.1 Å². The number of nitrogens with one attached hydrogen (secondary N) is 1. The molecule has 2 heterocycles. The Labute approximate surface area is 187 Å². The van der Waals surface area contributed by atoms with Crippen LogP contribution in [0.25, 0.3) is 0 Å². The third-order valence-corrected chi connectivity index (χ3v) is 5.01. The largest absolute Gasteiger partial charge is 0.481 e. The first-order chi connectivity index (χ1) is 14.4. The number of aromatic nitrogens is 1. The highest BCUT2D eigenvalue weighted by Crippen LogP contribution is 2.31. The fourth-order valence-electron chi connectivity index (χ4n) is 2.92. The van der Waals surface area contributed by atoms with E-state index in [4.69, 9.17) is 9.73 Å². The monoisotopic (exact) mass is 445 g/mol. The number of ether oxygens (including phenoxy) is 1. The molecule has 0 bridgehead atoms. The topological polar surface area (TPSA) is 101 Å². The number of carboxylic acids is 1. The van der Waals surface area contributed by atoms with Gasteiger partial charge in [0.2, 0.25) is 5.91 Å². The number of rotatable bonds is 7. The average Bonchev–Trinajstić information content (AvgIpc) is 3.16. The van der Waals surface area contributed by atoms with Crippen molar-refractivity contribution in [2.24, 2.45) is 10.4 Å². The second kappa shape index (κ2) is 10.0. The molecule has 7 nitrogen and oxygen atoms in total. The van der Waals surface area contributed by atoms with E-state index < -0.39 is 28.9 Å². The first-order valence-corrected chi connectivity index (χ1v) is 11.0. The van der Waals surface area contributed by atoms with Gasteiger partial charge in [-0.2, -0.15) is 11.3 Å². The van der Waals surface area contributed by atoms with Gasteiger partial charge in [-0.3, -0.25) is 14.6 Å². The number of carbonyl (C=O) groups is 2. The average molecular weight is 446 g/mol. The summed E-state index contributed by atoms with van der Waals surface area (Å²) >= 11 is 1.47. The molecule has 0 unspecified atom stereocenters. The van der Waals surface area contributed by atoms with Crippen molar-refractivity contribution in [2.45, 2.75) is 65.5 Å². The zero-order valence-electron chi connectivity index (χ0n) is 18.9. The molecule has 2 aromatic heterocycles. The molecule has 2 aromatic rings. The Kier molecular flexibility index (Phi) is 7.95. The summed E-state index contributed by atoms with van der Waals surface area (Å²) in [4.78, 5) is 33.5. The highest BCUT2D eigenvalue weighted by molar-refractivity contribution is 7.08. The first kappa shape index (κ1) is 24.5. The van der Waals surface area contributed by atoms with Crippen LogP contribution < -0.4 is 5.32 Å². The lowest BCUT2D eigenvalue weighted by molar-refractivity contribution is -0.137. The maximum atomic E-state index is 13.2. The van der Waals surface area contributed by atoms with Crippen LogP contribution in [-0.4, -0.2) is 39.5 Å². The van der Waals surface area contributed by atoms with Gasteiger partial charge in [0.05, 0.1) is 12.3 Å². The fourth-order valence-corrected chi connectivity index (χ4v) is 3.63. The SMILES string of the molecule is CC(C)(C)OC(=N[C@H](C(=O)Nc1ccncc1)C(C)(C)C)[C@@H](CC(=O)O)c1ccsc1. The number of nitrogens with zero attached hydrogens (tertiary/aromatic N) is 2. The van der Waals surface area contributed by atoms with Gasteiger partial charge >= 0.3 is 5.97 Å². The van der Waals surface area contributed by atoms with Crippen LogP contribution in [0.1, 0.15) is 59.4 Å². The van der Waals surface area contributed by atoms with Crippen LogP contribution in [0.15, 0.2) is 46.3 Å². The van der Waals surface area contributed by atoms with Crippen molar-refractivity contribution in [1.29, 1.82) is 0 Å². The summed E-state index contributed by atoms with van der Waals surface area (Å²) in [5, 5.41) is 16.2. The van der Waals surface area contributed by atoms with E-state index >= 15 is 0 Å². The van der Waals surface area contributed by atoms with Crippen molar-refractivity contribution in [3.63, 3.8) is 0 Å². The number of anilines is 1. The predicted molar refractivity (Wildman–Crippen MR) is 124 cm³/mol. The van der Waals surface area contributed by atoms with E-state index in [2.05, 4.69) is 10.3 Å². The maximum absolute atomic E-state index is 13.2. The Morgan fingerprint density at radius 3 is 2.29 bits per heavy atom. The van der Waals surface area contributed by atoms with Gasteiger partial charge in [0.15, 0.2) is 5.90 Å². The highest BCUT2D eigenvalue weighted by atomic mass is 32.1. The molecule has 1 amide bonds. The van der Waals surface area contributed by atoms with Gasteiger partial charge in [0.25, 0.3) is 0 Å². The smallest absolute Gasteiger partial charge is 0.304 e. The zero-order chi connectivity index (χ0) is 23.2. The number of aliphatic carboxylic acids is 1. The molecule has 0 radical (unpaired) electrons. The minimum Gasteiger partial charge on any atom is -0.481 e. The second-order valence-electron chi connectivity index (χ2n) is 9.38. The summed E-state index contributed by atoms with van der Waals surface area (Å²) in [6.45, 7) is 11.4. The molecule has 2 atom stereocenters. The van der Waals surface area contributed by atoms with Crippen LogP contribution in [0.4, 0.5) is 5.69 Å². The lowest BCUT2D eigenvalue weighted by atomic mass is 9.86. The standard InChI is InChI=1S/C23H31N3O4S/c1-22(2,3)19(20(29)25-16-7-10-24-11-8-16)26-21(30-23(4,5)6)17(13-18(27)28)15-9-12-31-14-15/h7-12,14,17,19H,13H2,1-6H3,(H,27,28)(H,24,25,29)/t17-,19+/m0/s1. The van der Waals surface area contributed by atoms with E-state index in [-0.39, 0.29) is 18.2 Å². The van der Waals surface area contributed by atoms with Gasteiger partial charge in [-0.25, -0.2) is 4.99 Å². The number of amides is 1. The predicted octanol–water partition coefficient (Wildman–Crippen LogP) is 4.97. The number of hydrogen-bond acceptors (Lipinski definition) is 6. The number of hydrogen-bond donors (Lipinski definition) is 2. The van der Waals surface area contributed by atoms with E-state index in [1.165, 1.54) is 11.3 Å². The molecular weight excluding hydrogens is 414 g/mol. The lowest BCUT2D eigenvalue weighted by Crippen LogP contribution is -2.40. The zero-order valence-corrected chi connectivity index (χ0v) is 19.7. The van der Waals surface area contributed by atoms with E-state index in [9.17, 15) is 14.7 Å². The molecule has 31 heavy (non-hydrogen) atoms. The van der Waals surface area contributed by atoms with Crippen molar-refractivity contribution >= 4 is 34.8 Å². The van der Waals surface area contributed by atoms with Crippen LogP contribution in [0.5, 0.6) is 0 Å². The Morgan fingerprint density at radius 1 is 1.16 bits per heavy atom. The Balaban J connectivity index is 2.51. The number of pyridine rings is 1. The normalized spacial score (nSPS) is 14.6. The highest BCUT2D eigenvalue weighted by Gasteiger charge is 2.35. The maximum Gasteiger partial charge on any atom is 0.304 e. The molecule has 2 rings (SSSR count). The van der Waals surface area contributed by atoms with Gasteiger partial charge in [0.1, 0.15) is 11.6 Å². The van der Waals surface area contributed by atoms with Gasteiger partial charge in [-0.1, -0.05) is 20.8 Å². The molecular formula is C23H31N3O4S. The Hall–Kier alpha value is -2.74. The second-order valence-corrected chi connectivity index (χ2v) is 10.2. The van der Waals surface area contributed by atoms with Crippen LogP contribution in [0.3, 0.4) is 0 Å². The molecule has 0 aliphatic rings. The van der Waals surface area contributed by atoms with E-state index in [1.807, 2.05) is 58.4 Å². The molecule has 168 valence electrons. The van der Waals surface area contributed by atoms with Crippen LogP contribution in [-0.2, 0) is 14.3 Å². The number of thiophene rings is 1. The fraction of sp³-hybridized carbons (Fsp3) is 0.478. The third-order valence-electron chi connectivity index (χ3n) is 4.31.